The second-order valence-corrected chi connectivity index (χ2v) is 7.69. The highest BCUT2D eigenvalue weighted by atomic mass is 32.2. The van der Waals surface area contributed by atoms with Crippen LogP contribution in [0.4, 0.5) is 11.5 Å². The molecule has 0 aliphatic rings. The van der Waals surface area contributed by atoms with Crippen molar-refractivity contribution in [2.45, 2.75) is 24.1 Å². The van der Waals surface area contributed by atoms with Gasteiger partial charge >= 0.3 is 0 Å². The standard InChI is InChI=1S/C21H21N5O2S/c1-5-16-17(11-22)20(26(3)4)25-21(18(16)12-23)29(28)13-14-7-9-15(10-8-14)24-19(27)6-2/h6-10H,2,5,13H2,1,3-4H3,(H,24,27). The molecule has 1 atom stereocenters. The van der Waals surface area contributed by atoms with E-state index in [1.54, 1.807) is 43.3 Å². The Morgan fingerprint density at radius 2 is 1.86 bits per heavy atom. The van der Waals surface area contributed by atoms with Crippen LogP contribution in [0.5, 0.6) is 0 Å². The summed E-state index contributed by atoms with van der Waals surface area (Å²) in [6, 6.07) is 11.1. The SMILES string of the molecule is C=CC(=O)Nc1ccc(CS(=O)c2nc(N(C)C)c(C#N)c(CC)c2C#N)cc1. The average molecular weight is 407 g/mol. The number of carbonyl (C=O) groups is 1. The van der Waals surface area contributed by atoms with E-state index < -0.39 is 10.8 Å². The molecular formula is C21H21N5O2S. The van der Waals surface area contributed by atoms with Gasteiger partial charge in [0.1, 0.15) is 23.0 Å². The molecule has 0 saturated carbocycles. The van der Waals surface area contributed by atoms with Crippen molar-refractivity contribution in [2.24, 2.45) is 0 Å². The first-order valence-electron chi connectivity index (χ1n) is 8.81. The number of pyridine rings is 1. The van der Waals surface area contributed by atoms with Crippen LogP contribution < -0.4 is 10.2 Å². The molecule has 1 aromatic carbocycles. The van der Waals surface area contributed by atoms with E-state index in [1.165, 1.54) is 6.08 Å². The fourth-order valence-corrected chi connectivity index (χ4v) is 3.99. The van der Waals surface area contributed by atoms with Crippen molar-refractivity contribution in [2.75, 3.05) is 24.3 Å². The van der Waals surface area contributed by atoms with E-state index in [9.17, 15) is 19.5 Å². The van der Waals surface area contributed by atoms with Crippen molar-refractivity contribution >= 4 is 28.2 Å². The number of nitriles is 2. The van der Waals surface area contributed by atoms with Gasteiger partial charge in [-0.25, -0.2) is 4.98 Å². The Morgan fingerprint density at radius 3 is 2.34 bits per heavy atom. The first-order valence-corrected chi connectivity index (χ1v) is 10.1. The van der Waals surface area contributed by atoms with Gasteiger partial charge in [0.2, 0.25) is 5.91 Å². The molecule has 29 heavy (non-hydrogen) atoms. The maximum Gasteiger partial charge on any atom is 0.247 e. The molecule has 0 aliphatic heterocycles. The van der Waals surface area contributed by atoms with Crippen LogP contribution in [0.15, 0.2) is 41.9 Å². The molecule has 0 bridgehead atoms. The predicted molar refractivity (Wildman–Crippen MR) is 113 cm³/mol. The minimum Gasteiger partial charge on any atom is -0.362 e. The Hall–Kier alpha value is -3.49. The Balaban J connectivity index is 2.41. The molecule has 0 spiro atoms. The Morgan fingerprint density at radius 1 is 1.24 bits per heavy atom. The van der Waals surface area contributed by atoms with Gasteiger partial charge in [-0.15, -0.1) is 0 Å². The van der Waals surface area contributed by atoms with Gasteiger partial charge in [-0.3, -0.25) is 9.00 Å². The zero-order valence-corrected chi connectivity index (χ0v) is 17.3. The quantitative estimate of drug-likeness (QED) is 0.707. The lowest BCUT2D eigenvalue weighted by atomic mass is 10.0. The van der Waals surface area contributed by atoms with E-state index in [-0.39, 0.29) is 22.2 Å². The maximum atomic E-state index is 13.1. The number of rotatable bonds is 7. The molecule has 148 valence electrons. The van der Waals surface area contributed by atoms with Gasteiger partial charge in [-0.1, -0.05) is 25.6 Å². The lowest BCUT2D eigenvalue weighted by Crippen LogP contribution is -2.17. The third kappa shape index (κ3) is 4.87. The number of amides is 1. The van der Waals surface area contributed by atoms with Crippen molar-refractivity contribution < 1.29 is 9.00 Å². The summed E-state index contributed by atoms with van der Waals surface area (Å²) in [5, 5.41) is 22.0. The highest BCUT2D eigenvalue weighted by Crippen LogP contribution is 2.28. The Kier molecular flexibility index (Phi) is 7.24. The van der Waals surface area contributed by atoms with Crippen LogP contribution in [0.25, 0.3) is 0 Å². The summed E-state index contributed by atoms with van der Waals surface area (Å²) >= 11 is 0. The number of aromatic nitrogens is 1. The molecule has 0 saturated heterocycles. The first-order chi connectivity index (χ1) is 13.9. The summed E-state index contributed by atoms with van der Waals surface area (Å²) in [5.74, 6) is 0.235. The van der Waals surface area contributed by atoms with Crippen LogP contribution in [-0.4, -0.2) is 29.2 Å². The van der Waals surface area contributed by atoms with Gasteiger partial charge < -0.3 is 10.2 Å². The highest BCUT2D eigenvalue weighted by Gasteiger charge is 2.23. The summed E-state index contributed by atoms with van der Waals surface area (Å²) < 4.78 is 13.1. The monoisotopic (exact) mass is 407 g/mol. The normalized spacial score (nSPS) is 11.1. The summed E-state index contributed by atoms with van der Waals surface area (Å²) in [6.45, 7) is 5.25. The molecule has 1 N–H and O–H groups in total. The molecule has 8 heteroatoms. The Labute approximate surface area is 172 Å². The third-order valence-electron chi connectivity index (χ3n) is 4.17. The van der Waals surface area contributed by atoms with Crippen LogP contribution in [0, 0.1) is 22.7 Å². The first kappa shape index (κ1) is 21.8. The highest BCUT2D eigenvalue weighted by molar-refractivity contribution is 7.84. The van der Waals surface area contributed by atoms with Crippen molar-refractivity contribution in [3.63, 3.8) is 0 Å². The molecule has 0 radical (unpaired) electrons. The number of anilines is 2. The number of nitrogens with zero attached hydrogens (tertiary/aromatic N) is 4. The van der Waals surface area contributed by atoms with Crippen LogP contribution >= 0.6 is 0 Å². The second-order valence-electron chi connectivity index (χ2n) is 6.32. The van der Waals surface area contributed by atoms with Crippen molar-refractivity contribution in [3.8, 4) is 12.1 Å². The zero-order chi connectivity index (χ0) is 21.6. The van der Waals surface area contributed by atoms with Gasteiger partial charge in [-0.2, -0.15) is 10.5 Å². The van der Waals surface area contributed by atoms with Crippen LogP contribution in [0.1, 0.15) is 29.2 Å². The van der Waals surface area contributed by atoms with E-state index >= 15 is 0 Å². The summed E-state index contributed by atoms with van der Waals surface area (Å²) in [5.41, 5.74) is 2.45. The van der Waals surface area contributed by atoms with Gasteiger partial charge in [0.25, 0.3) is 0 Å². The smallest absolute Gasteiger partial charge is 0.247 e. The summed E-state index contributed by atoms with van der Waals surface area (Å²) in [4.78, 5) is 17.4. The minimum absolute atomic E-state index is 0.152. The molecule has 1 heterocycles. The molecule has 1 unspecified atom stereocenters. The van der Waals surface area contributed by atoms with E-state index in [1.807, 2.05) is 6.92 Å². The largest absolute Gasteiger partial charge is 0.362 e. The van der Waals surface area contributed by atoms with Crippen molar-refractivity contribution in [1.29, 1.82) is 10.5 Å². The number of carbonyl (C=O) groups excluding carboxylic acids is 1. The number of benzene rings is 1. The zero-order valence-electron chi connectivity index (χ0n) is 16.5. The maximum absolute atomic E-state index is 13.1. The lowest BCUT2D eigenvalue weighted by molar-refractivity contribution is -0.111. The molecule has 1 amide bonds. The molecule has 2 aromatic rings. The predicted octanol–water partition coefficient (Wildman–Crippen LogP) is 2.89. The molecule has 7 nitrogen and oxygen atoms in total. The number of nitrogens with one attached hydrogen (secondary N) is 1. The fourth-order valence-electron chi connectivity index (χ4n) is 2.77. The van der Waals surface area contributed by atoms with Crippen molar-refractivity contribution in [3.05, 3.63) is 59.2 Å². The van der Waals surface area contributed by atoms with Crippen molar-refractivity contribution in [1.82, 2.24) is 4.98 Å². The topological polar surface area (TPSA) is 110 Å². The minimum atomic E-state index is -1.59. The molecular weight excluding hydrogens is 386 g/mol. The van der Waals surface area contributed by atoms with E-state index in [0.717, 1.165) is 5.56 Å². The third-order valence-corrected chi connectivity index (χ3v) is 5.49. The second kappa shape index (κ2) is 9.63. The Bertz CT molecular complexity index is 1050. The van der Waals surface area contributed by atoms with Crippen LogP contribution in [0.2, 0.25) is 0 Å². The van der Waals surface area contributed by atoms with Gasteiger partial charge in [0.15, 0.2) is 0 Å². The van der Waals surface area contributed by atoms with Crippen LogP contribution in [-0.2, 0) is 27.8 Å². The lowest BCUT2D eigenvalue weighted by Gasteiger charge is -2.18. The van der Waals surface area contributed by atoms with E-state index in [2.05, 4.69) is 29.0 Å². The van der Waals surface area contributed by atoms with Gasteiger partial charge in [-0.05, 0) is 35.8 Å². The van der Waals surface area contributed by atoms with E-state index in [0.29, 0.717) is 29.1 Å². The average Bonchev–Trinajstić information content (AvgIpc) is 2.72. The number of hydrogen-bond donors (Lipinski definition) is 1. The molecule has 0 fully saturated rings. The summed E-state index contributed by atoms with van der Waals surface area (Å²) in [6.07, 6.45) is 1.63. The molecule has 2 rings (SSSR count). The van der Waals surface area contributed by atoms with Gasteiger partial charge in [0, 0.05) is 19.8 Å². The fraction of sp³-hybridized carbons (Fsp3) is 0.238. The van der Waals surface area contributed by atoms with E-state index in [4.69, 9.17) is 0 Å². The van der Waals surface area contributed by atoms with Gasteiger partial charge in [0.05, 0.1) is 27.7 Å². The summed E-state index contributed by atoms with van der Waals surface area (Å²) in [7, 11) is 1.91. The molecule has 0 aliphatic carbocycles. The number of hydrogen-bond acceptors (Lipinski definition) is 6. The van der Waals surface area contributed by atoms with Crippen LogP contribution in [0.3, 0.4) is 0 Å². The molecule has 1 aromatic heterocycles.